The van der Waals surface area contributed by atoms with Crippen molar-refractivity contribution in [1.29, 1.82) is 0 Å². The number of hydrogen-bond acceptors (Lipinski definition) is 11. The molecule has 43 heavy (non-hydrogen) atoms. The normalized spacial score (nSPS) is 18.7. The lowest BCUT2D eigenvalue weighted by molar-refractivity contribution is -0.432. The van der Waals surface area contributed by atoms with E-state index < -0.39 is 17.7 Å². The summed E-state index contributed by atoms with van der Waals surface area (Å²) in [7, 11) is 0. The number of urea groups is 1. The van der Waals surface area contributed by atoms with Gasteiger partial charge in [0.1, 0.15) is 5.75 Å². The molecule has 0 bridgehead atoms. The van der Waals surface area contributed by atoms with Crippen molar-refractivity contribution in [2.45, 2.75) is 55.9 Å². The number of carbonyl (C=O) groups excluding carboxylic acids is 5. The Kier molecular flexibility index (Phi) is 14.8. The zero-order valence-electron chi connectivity index (χ0n) is 23.6. The molecule has 1 aromatic carbocycles. The molecule has 9 N–H and O–H groups in total. The summed E-state index contributed by atoms with van der Waals surface area (Å²) in [5.41, 5.74) is 6.02. The molecule has 2 aliphatic rings. The van der Waals surface area contributed by atoms with E-state index >= 15 is 0 Å². The van der Waals surface area contributed by atoms with Crippen molar-refractivity contribution in [3.63, 3.8) is 0 Å². The third-order valence-corrected chi connectivity index (χ3v) is 8.76. The predicted octanol–water partition coefficient (Wildman–Crippen LogP) is 0.735. The van der Waals surface area contributed by atoms with Gasteiger partial charge in [0.25, 0.3) is 11.8 Å². The van der Waals surface area contributed by atoms with Gasteiger partial charge in [0.2, 0.25) is 11.8 Å². The highest BCUT2D eigenvalue weighted by Gasteiger charge is 2.42. The lowest BCUT2D eigenvalue weighted by Crippen LogP contribution is -2.36. The van der Waals surface area contributed by atoms with E-state index in [9.17, 15) is 24.0 Å². The Morgan fingerprint density at radius 3 is 2.35 bits per heavy atom. The molecule has 3 rings (SSSR count). The maximum Gasteiger partial charge on any atom is 0.315 e. The van der Waals surface area contributed by atoms with Crippen molar-refractivity contribution in [3.05, 3.63) is 29.3 Å². The molecular formula is C26H39N7O8S2. The van der Waals surface area contributed by atoms with Crippen LogP contribution in [-0.4, -0.2) is 89.9 Å². The summed E-state index contributed by atoms with van der Waals surface area (Å²) in [4.78, 5) is 61.3. The van der Waals surface area contributed by atoms with Crippen LogP contribution in [0.4, 0.5) is 10.5 Å². The Balaban J connectivity index is 1.38. The van der Waals surface area contributed by atoms with Crippen LogP contribution in [-0.2, 0) is 19.0 Å². The van der Waals surface area contributed by atoms with Gasteiger partial charge in [0, 0.05) is 65.9 Å². The molecule has 2 heterocycles. The van der Waals surface area contributed by atoms with E-state index in [1.165, 1.54) is 18.2 Å². The summed E-state index contributed by atoms with van der Waals surface area (Å²) in [5, 5.41) is 28.8. The fraction of sp³-hybridized carbons (Fsp3) is 0.577. The predicted molar refractivity (Wildman–Crippen MR) is 162 cm³/mol. The van der Waals surface area contributed by atoms with Crippen LogP contribution in [0.25, 0.3) is 0 Å². The number of benzene rings is 1. The second kappa shape index (κ2) is 18.5. The van der Waals surface area contributed by atoms with Crippen LogP contribution >= 0.6 is 23.8 Å². The first-order valence-electron chi connectivity index (χ1n) is 14.1. The first-order chi connectivity index (χ1) is 20.8. The quantitative estimate of drug-likeness (QED) is 0.0346. The third kappa shape index (κ3) is 11.8. The van der Waals surface area contributed by atoms with E-state index in [1.807, 2.05) is 11.8 Å². The minimum absolute atomic E-state index is 0.0537. The van der Waals surface area contributed by atoms with Crippen molar-refractivity contribution in [3.8, 4) is 0 Å². The smallest absolute Gasteiger partial charge is 0.315 e. The summed E-state index contributed by atoms with van der Waals surface area (Å²) in [6.07, 6.45) is 4.09. The van der Waals surface area contributed by atoms with Gasteiger partial charge in [0.05, 0.1) is 12.1 Å². The molecule has 0 saturated carbocycles. The average molecular weight is 642 g/mol. The number of nitrogens with one attached hydrogen (secondary N) is 6. The Morgan fingerprint density at radius 2 is 1.65 bits per heavy atom. The van der Waals surface area contributed by atoms with Crippen molar-refractivity contribution in [1.82, 2.24) is 26.6 Å². The van der Waals surface area contributed by atoms with E-state index in [1.54, 1.807) is 0 Å². The molecule has 15 nitrogen and oxygen atoms in total. The number of amides is 6. The molecule has 2 saturated heterocycles. The second-order valence-electron chi connectivity index (χ2n) is 9.98. The number of unbranched alkanes of at least 4 members (excludes halogenated alkanes) is 1. The summed E-state index contributed by atoms with van der Waals surface area (Å²) in [6.45, 7) is 1.43. The monoisotopic (exact) mass is 641 g/mol. The number of rotatable bonds is 19. The van der Waals surface area contributed by atoms with Gasteiger partial charge in [-0.3, -0.25) is 19.2 Å². The summed E-state index contributed by atoms with van der Waals surface area (Å²) < 4.78 is 4.19. The van der Waals surface area contributed by atoms with Crippen LogP contribution in [0.2, 0.25) is 0 Å². The van der Waals surface area contributed by atoms with Gasteiger partial charge in [-0.05, 0) is 50.4 Å². The standard InChI is InChI=1S/C26H39N7O8S2/c27-7-3-8-29-24(36)16-11-17(13-18(12-16)31-22(35)15-43-41-40-39)25(37)30-10-4-9-28-21(34)6-2-1-5-20-23-19(14-42-20)32-26(38)33-23/h11-13,19-20,23,39H,1-10,14-15,27H2,(H,28,34)(H,29,36)(H,30,37)(H,31,35)(H2,32,33,38). The molecule has 0 radical (unpaired) electrons. The van der Waals surface area contributed by atoms with Gasteiger partial charge >= 0.3 is 6.03 Å². The first-order valence-corrected chi connectivity index (χ1v) is 16.0. The maximum absolute atomic E-state index is 12.8. The summed E-state index contributed by atoms with van der Waals surface area (Å²) in [6, 6.07) is 4.55. The van der Waals surface area contributed by atoms with Crippen molar-refractivity contribution >= 4 is 59.2 Å². The minimum Gasteiger partial charge on any atom is -0.356 e. The zero-order chi connectivity index (χ0) is 31.0. The summed E-state index contributed by atoms with van der Waals surface area (Å²) >= 11 is 2.40. The molecule has 2 aliphatic heterocycles. The third-order valence-electron chi connectivity index (χ3n) is 6.72. The first kappa shape index (κ1) is 34.4. The van der Waals surface area contributed by atoms with Crippen molar-refractivity contribution in [2.75, 3.05) is 43.0 Å². The van der Waals surface area contributed by atoms with Crippen molar-refractivity contribution < 1.29 is 38.6 Å². The molecule has 6 amide bonds. The van der Waals surface area contributed by atoms with Crippen LogP contribution in [0.3, 0.4) is 0 Å². The average Bonchev–Trinajstić information content (AvgIpc) is 3.54. The van der Waals surface area contributed by atoms with Crippen LogP contribution < -0.4 is 37.6 Å². The topological polar surface area (TPSA) is 222 Å². The van der Waals surface area contributed by atoms with E-state index in [0.29, 0.717) is 56.2 Å². The number of hydrogen-bond donors (Lipinski definition) is 8. The van der Waals surface area contributed by atoms with E-state index in [2.05, 4.69) is 41.3 Å². The van der Waals surface area contributed by atoms with Gasteiger partial charge in [-0.25, -0.2) is 10.1 Å². The Labute approximate surface area is 258 Å². The van der Waals surface area contributed by atoms with Gasteiger partial charge in [-0.2, -0.15) is 11.8 Å². The molecule has 1 aromatic rings. The molecule has 3 unspecified atom stereocenters. The number of thioether (sulfide) groups is 1. The highest BCUT2D eigenvalue weighted by molar-refractivity contribution is 8.00. The number of carbonyl (C=O) groups is 5. The molecule has 0 aromatic heterocycles. The van der Waals surface area contributed by atoms with Crippen LogP contribution in [0.5, 0.6) is 0 Å². The van der Waals surface area contributed by atoms with Crippen LogP contribution in [0, 0.1) is 0 Å². The largest absolute Gasteiger partial charge is 0.356 e. The lowest BCUT2D eigenvalue weighted by atomic mass is 10.0. The highest BCUT2D eigenvalue weighted by atomic mass is 32.2. The molecule has 0 spiro atoms. The van der Waals surface area contributed by atoms with Crippen molar-refractivity contribution in [2.24, 2.45) is 5.73 Å². The fourth-order valence-corrected chi connectivity index (χ4v) is 6.46. The van der Waals surface area contributed by atoms with Crippen LogP contribution in [0.1, 0.15) is 59.2 Å². The van der Waals surface area contributed by atoms with Gasteiger partial charge in [-0.15, -0.1) is 4.33 Å². The molecular weight excluding hydrogens is 602 g/mol. The zero-order valence-corrected chi connectivity index (χ0v) is 25.3. The Morgan fingerprint density at radius 1 is 0.953 bits per heavy atom. The molecule has 3 atom stereocenters. The molecule has 2 fully saturated rings. The van der Waals surface area contributed by atoms with E-state index in [-0.39, 0.29) is 53.1 Å². The SMILES string of the molecule is NCCCNC(=O)c1cc(NC(=O)CSOOO)cc(C(=O)NCCCNC(=O)CCCCC2SCC3NC(=O)NC32)c1. The molecule has 238 valence electrons. The van der Waals surface area contributed by atoms with Crippen LogP contribution in [0.15, 0.2) is 18.2 Å². The number of nitrogens with two attached hydrogens (primary N) is 1. The fourth-order valence-electron chi connectivity index (χ4n) is 4.65. The van der Waals surface area contributed by atoms with Gasteiger partial charge in [0.15, 0.2) is 0 Å². The molecule has 0 aliphatic carbocycles. The van der Waals surface area contributed by atoms with E-state index in [0.717, 1.165) is 25.0 Å². The van der Waals surface area contributed by atoms with Gasteiger partial charge in [-0.1, -0.05) is 11.5 Å². The maximum atomic E-state index is 12.8. The minimum atomic E-state index is -0.518. The number of anilines is 1. The Hall–Kier alpha value is -3.09. The number of fused-ring (bicyclic) bond motifs is 1. The van der Waals surface area contributed by atoms with Gasteiger partial charge < -0.3 is 37.6 Å². The second-order valence-corrected chi connectivity index (χ2v) is 11.9. The highest BCUT2D eigenvalue weighted by Crippen LogP contribution is 2.33. The van der Waals surface area contributed by atoms with E-state index in [4.69, 9.17) is 11.0 Å². The summed E-state index contributed by atoms with van der Waals surface area (Å²) in [5.74, 6) is -0.765. The Bertz CT molecular complexity index is 1130. The molecule has 17 heteroatoms. The lowest BCUT2D eigenvalue weighted by Gasteiger charge is -2.16.